The fourth-order valence-electron chi connectivity index (χ4n) is 3.61. The third kappa shape index (κ3) is 4.71. The van der Waals surface area contributed by atoms with Crippen LogP contribution in [-0.2, 0) is 6.11 Å². The zero-order chi connectivity index (χ0) is 19.4. The normalized spacial score (nSPS) is 20.8. The van der Waals surface area contributed by atoms with Crippen LogP contribution in [0.4, 0.5) is 17.6 Å². The number of ether oxygens (including phenoxy) is 1. The van der Waals surface area contributed by atoms with Crippen molar-refractivity contribution in [1.29, 1.82) is 0 Å². The Morgan fingerprint density at radius 2 is 1.59 bits per heavy atom. The van der Waals surface area contributed by atoms with E-state index in [0.717, 1.165) is 37.3 Å². The molecule has 1 aliphatic carbocycles. The molecule has 0 bridgehead atoms. The summed E-state index contributed by atoms with van der Waals surface area (Å²) in [5, 5.41) is 0. The molecule has 2 aromatic carbocycles. The van der Waals surface area contributed by atoms with Gasteiger partial charge in [-0.1, -0.05) is 24.3 Å². The molecule has 1 saturated carbocycles. The number of benzene rings is 2. The van der Waals surface area contributed by atoms with E-state index >= 15 is 0 Å². The topological polar surface area (TPSA) is 9.23 Å². The molecule has 144 valence electrons. The van der Waals surface area contributed by atoms with Gasteiger partial charge in [0.25, 0.3) is 0 Å². The first-order chi connectivity index (χ1) is 12.9. The molecule has 1 nitrogen and oxygen atoms in total. The van der Waals surface area contributed by atoms with Crippen LogP contribution >= 0.6 is 0 Å². The van der Waals surface area contributed by atoms with E-state index in [1.54, 1.807) is 12.1 Å². The molecule has 0 atom stereocenters. The van der Waals surface area contributed by atoms with Crippen LogP contribution in [0.1, 0.15) is 49.7 Å². The van der Waals surface area contributed by atoms with Crippen molar-refractivity contribution in [2.24, 2.45) is 5.92 Å². The maximum absolute atomic E-state index is 14.2. The van der Waals surface area contributed by atoms with Crippen LogP contribution in [0, 0.1) is 17.6 Å². The van der Waals surface area contributed by atoms with E-state index in [0.29, 0.717) is 24.0 Å². The summed E-state index contributed by atoms with van der Waals surface area (Å²) in [5.41, 5.74) is 0.380. The van der Waals surface area contributed by atoms with Gasteiger partial charge in [0.2, 0.25) is 0 Å². The van der Waals surface area contributed by atoms with Gasteiger partial charge in [-0.25, -0.2) is 8.78 Å². The number of hydrogen-bond acceptors (Lipinski definition) is 1. The molecule has 2 aromatic rings. The second kappa shape index (κ2) is 8.15. The van der Waals surface area contributed by atoms with Gasteiger partial charge in [0.15, 0.2) is 11.6 Å². The molecule has 0 radical (unpaired) electrons. The molecule has 0 spiro atoms. The zero-order valence-electron chi connectivity index (χ0n) is 15.1. The minimum absolute atomic E-state index is 0.0175. The summed E-state index contributed by atoms with van der Waals surface area (Å²) in [7, 11) is 0. The highest BCUT2D eigenvalue weighted by Gasteiger charge is 2.35. The summed E-state index contributed by atoms with van der Waals surface area (Å²) >= 11 is 0. The Hall–Kier alpha value is -2.30. The molecule has 1 fully saturated rings. The second-order valence-electron chi connectivity index (χ2n) is 6.95. The van der Waals surface area contributed by atoms with E-state index in [-0.39, 0.29) is 5.75 Å². The van der Waals surface area contributed by atoms with Crippen molar-refractivity contribution in [2.45, 2.75) is 44.6 Å². The molecule has 0 heterocycles. The van der Waals surface area contributed by atoms with Gasteiger partial charge in [0, 0.05) is 0 Å². The third-order valence-electron chi connectivity index (χ3n) is 5.09. The van der Waals surface area contributed by atoms with Crippen LogP contribution in [0.3, 0.4) is 0 Å². The van der Waals surface area contributed by atoms with Gasteiger partial charge in [-0.3, -0.25) is 0 Å². The van der Waals surface area contributed by atoms with Crippen molar-refractivity contribution in [3.05, 3.63) is 77.4 Å². The predicted octanol–water partition coefficient (Wildman–Crippen LogP) is 6.94. The van der Waals surface area contributed by atoms with E-state index in [1.165, 1.54) is 12.1 Å². The van der Waals surface area contributed by atoms with Crippen molar-refractivity contribution in [3.63, 3.8) is 0 Å². The molecule has 3 rings (SSSR count). The molecule has 0 N–H and O–H groups in total. The fraction of sp³-hybridized carbons (Fsp3) is 0.364. The minimum Gasteiger partial charge on any atom is -0.429 e. The average Bonchev–Trinajstić information content (AvgIpc) is 2.65. The highest BCUT2D eigenvalue weighted by Crippen LogP contribution is 2.38. The first-order valence-corrected chi connectivity index (χ1v) is 9.14. The van der Waals surface area contributed by atoms with Crippen molar-refractivity contribution >= 4 is 0 Å². The summed E-state index contributed by atoms with van der Waals surface area (Å²) in [4.78, 5) is 0. The maximum atomic E-state index is 14.2. The quantitative estimate of drug-likeness (QED) is 0.404. The Bertz CT molecular complexity index is 790. The summed E-state index contributed by atoms with van der Waals surface area (Å²) in [6, 6.07) is 8.54. The Balaban J connectivity index is 1.66. The van der Waals surface area contributed by atoms with Crippen molar-refractivity contribution in [3.8, 4) is 5.75 Å². The van der Waals surface area contributed by atoms with Crippen LogP contribution < -0.4 is 4.74 Å². The summed E-state index contributed by atoms with van der Waals surface area (Å²) in [6.07, 6.45) is 4.97. The van der Waals surface area contributed by atoms with Crippen molar-refractivity contribution in [2.75, 3.05) is 0 Å². The van der Waals surface area contributed by atoms with E-state index in [2.05, 4.69) is 12.2 Å². The number of allylic oxidation sites excluding steroid dienone is 2. The standard InChI is InChI=1S/C22H22F4O/c1-2-3-15-4-6-16(7-5-15)17-8-11-19(12-9-17)27-22(25,26)18-10-13-20(23)21(24)14-18/h2-3,8-16H,4-7H2,1H3/b3-2+. The lowest BCUT2D eigenvalue weighted by atomic mass is 9.78. The van der Waals surface area contributed by atoms with Gasteiger partial charge in [-0.15, -0.1) is 0 Å². The van der Waals surface area contributed by atoms with Gasteiger partial charge in [0.1, 0.15) is 5.75 Å². The first-order valence-electron chi connectivity index (χ1n) is 9.14. The highest BCUT2D eigenvalue weighted by molar-refractivity contribution is 5.31. The number of alkyl halides is 2. The minimum atomic E-state index is -3.75. The van der Waals surface area contributed by atoms with Crippen LogP contribution in [-0.4, -0.2) is 0 Å². The molecule has 0 saturated heterocycles. The van der Waals surface area contributed by atoms with E-state index in [9.17, 15) is 17.6 Å². The fourth-order valence-corrected chi connectivity index (χ4v) is 3.61. The molecule has 0 amide bonds. The summed E-state index contributed by atoms with van der Waals surface area (Å²) in [5.74, 6) is -1.48. The third-order valence-corrected chi connectivity index (χ3v) is 5.09. The maximum Gasteiger partial charge on any atom is 0.426 e. The first kappa shape index (κ1) is 19.5. The van der Waals surface area contributed by atoms with Crippen LogP contribution in [0.2, 0.25) is 0 Å². The smallest absolute Gasteiger partial charge is 0.426 e. The number of hydrogen-bond donors (Lipinski definition) is 0. The molecule has 1 aliphatic rings. The Labute approximate surface area is 156 Å². The van der Waals surface area contributed by atoms with Gasteiger partial charge in [-0.2, -0.15) is 8.78 Å². The lowest BCUT2D eigenvalue weighted by Crippen LogP contribution is -2.22. The summed E-state index contributed by atoms with van der Waals surface area (Å²) in [6.45, 7) is 2.03. The van der Waals surface area contributed by atoms with Gasteiger partial charge >= 0.3 is 6.11 Å². The number of rotatable bonds is 5. The predicted molar refractivity (Wildman–Crippen MR) is 96.8 cm³/mol. The van der Waals surface area contributed by atoms with Gasteiger partial charge in [-0.05, 0) is 80.3 Å². The molecular formula is C22H22F4O. The lowest BCUT2D eigenvalue weighted by Gasteiger charge is -2.27. The second-order valence-corrected chi connectivity index (χ2v) is 6.95. The molecule has 27 heavy (non-hydrogen) atoms. The monoisotopic (exact) mass is 378 g/mol. The molecule has 5 heteroatoms. The van der Waals surface area contributed by atoms with Crippen LogP contribution in [0.5, 0.6) is 5.75 Å². The van der Waals surface area contributed by atoms with Gasteiger partial charge in [0.05, 0.1) is 5.56 Å². The highest BCUT2D eigenvalue weighted by atomic mass is 19.3. The van der Waals surface area contributed by atoms with Crippen molar-refractivity contribution < 1.29 is 22.3 Å². The number of halogens is 4. The zero-order valence-corrected chi connectivity index (χ0v) is 15.1. The van der Waals surface area contributed by atoms with E-state index in [4.69, 9.17) is 4.74 Å². The molecular weight excluding hydrogens is 356 g/mol. The van der Waals surface area contributed by atoms with E-state index < -0.39 is 23.3 Å². The van der Waals surface area contributed by atoms with Crippen LogP contribution in [0.15, 0.2) is 54.6 Å². The Morgan fingerprint density at radius 1 is 0.926 bits per heavy atom. The Morgan fingerprint density at radius 3 is 2.19 bits per heavy atom. The van der Waals surface area contributed by atoms with E-state index in [1.807, 2.05) is 6.92 Å². The molecule has 0 aromatic heterocycles. The lowest BCUT2D eigenvalue weighted by molar-refractivity contribution is -0.185. The molecule has 0 unspecified atom stereocenters. The Kier molecular flexibility index (Phi) is 5.88. The van der Waals surface area contributed by atoms with Gasteiger partial charge < -0.3 is 4.74 Å². The SMILES string of the molecule is C/C=C/C1CCC(c2ccc(OC(F)(F)c3ccc(F)c(F)c3)cc2)CC1. The summed E-state index contributed by atoms with van der Waals surface area (Å²) < 4.78 is 59.3. The largest absolute Gasteiger partial charge is 0.429 e. The molecule has 0 aliphatic heterocycles. The van der Waals surface area contributed by atoms with Crippen molar-refractivity contribution in [1.82, 2.24) is 0 Å². The average molecular weight is 378 g/mol. The van der Waals surface area contributed by atoms with Crippen LogP contribution in [0.25, 0.3) is 0 Å².